The van der Waals surface area contributed by atoms with E-state index in [4.69, 9.17) is 30.9 Å². The second-order valence-corrected chi connectivity index (χ2v) is 3.80. The second-order valence-electron chi connectivity index (χ2n) is 0.567. The Morgan fingerprint density at radius 3 is 0.385 bits per heavy atom. The smallest absolute Gasteiger partial charge is 0.427 e. The fourth-order valence-electron chi connectivity index (χ4n) is 0. The molecule has 0 heterocycles. The third kappa shape index (κ3) is 393. The molecule has 13 heavy (non-hydrogen) atoms. The summed E-state index contributed by atoms with van der Waals surface area (Å²) < 4.78 is 77.2. The molecule has 0 atom stereocenters. The third-order valence-electron chi connectivity index (χ3n) is 0. The van der Waals surface area contributed by atoms with Gasteiger partial charge in [0.1, 0.15) is 0 Å². The van der Waals surface area contributed by atoms with Gasteiger partial charge in [-0.05, 0) is 0 Å². The summed E-state index contributed by atoms with van der Waals surface area (Å²) in [4.78, 5) is 0. The van der Waals surface area contributed by atoms with E-state index in [0.717, 1.165) is 0 Å². The summed E-state index contributed by atoms with van der Waals surface area (Å²) in [6.07, 6.45) is 0. The van der Waals surface area contributed by atoms with Gasteiger partial charge in [-0.25, -0.2) is 0 Å². The number of hydrogen-bond donors (Lipinski definition) is 0. The van der Waals surface area contributed by atoms with Crippen molar-refractivity contribution in [2.45, 2.75) is 0 Å². The average molecular weight is 552 g/mol. The van der Waals surface area contributed by atoms with Gasteiger partial charge in [0.15, 0.2) is 0 Å². The predicted octanol–water partition coefficient (Wildman–Crippen LogP) is -20.1. The van der Waals surface area contributed by atoms with Crippen LogP contribution in [0.15, 0.2) is 0 Å². The van der Waals surface area contributed by atoms with Gasteiger partial charge in [0, 0.05) is 0 Å². The summed E-state index contributed by atoms with van der Waals surface area (Å²) in [6.45, 7) is 0. The molecule has 0 aliphatic rings. The van der Waals surface area contributed by atoms with Crippen LogP contribution in [0.5, 0.6) is 0 Å². The van der Waals surface area contributed by atoms with Crippen LogP contribution in [0.1, 0.15) is 0 Å². The molecule has 0 aliphatic heterocycles. The van der Waals surface area contributed by atoms with E-state index in [1.165, 1.54) is 0 Å². The molecule has 0 bridgehead atoms. The predicted molar refractivity (Wildman–Crippen MR) is 5.75 cm³/mol. The van der Waals surface area contributed by atoms with Crippen molar-refractivity contribution < 1.29 is 94.1 Å². The minimum absolute atomic E-state index is 0. The van der Waals surface area contributed by atoms with Gasteiger partial charge in [0.05, 0.1) is 0 Å². The number of rotatable bonds is 0. The van der Waals surface area contributed by atoms with Gasteiger partial charge < -0.3 is 30.9 Å². The summed E-state index contributed by atoms with van der Waals surface area (Å²) in [5.41, 5.74) is 0. The van der Waals surface area contributed by atoms with E-state index in [2.05, 4.69) is 0 Å². The molecular weight excluding hydrogens is 552 g/mol. The van der Waals surface area contributed by atoms with Crippen LogP contribution in [0.3, 0.4) is 0 Å². The maximum atomic E-state index is 8.57. The van der Waals surface area contributed by atoms with Crippen molar-refractivity contribution in [3.8, 4) is 0 Å². The van der Waals surface area contributed by atoms with Crippen molar-refractivity contribution in [1.82, 2.24) is 0 Å². The van der Waals surface area contributed by atoms with Crippen molar-refractivity contribution in [3.05, 3.63) is 0 Å². The van der Waals surface area contributed by atoms with Crippen LogP contribution in [-0.2, 0) is 0 Å². The monoisotopic (exact) mass is 552 g/mol. The molecule has 0 saturated heterocycles. The topological polar surface area (TPSA) is 208 Å². The zero-order valence-corrected chi connectivity index (χ0v) is 13.0. The molecule has 0 aliphatic carbocycles. The van der Waals surface area contributed by atoms with Gasteiger partial charge >= 0.3 is 17.4 Å². The molecule has 9 nitrogen and oxygen atoms in total. The first-order chi connectivity index (χ1) is 5.20. The van der Waals surface area contributed by atoms with Gasteiger partial charge in [-0.2, -0.15) is 0 Å². The van der Waals surface area contributed by atoms with Crippen LogP contribution < -0.4 is 94.1 Å². The molecule has 0 radical (unpaired) electrons. The van der Waals surface area contributed by atoms with E-state index in [1.807, 2.05) is 0 Å². The van der Waals surface area contributed by atoms with Crippen LogP contribution in [0.2, 0.25) is 0 Å². The van der Waals surface area contributed by atoms with Crippen LogP contribution in [-0.4, -0.2) is 17.4 Å². The number of halogens is 3. The molecule has 0 unspecified atom stereocenters. The molecule has 0 saturated carbocycles. The molecular formula is AlI3O9. The van der Waals surface area contributed by atoms with E-state index in [-0.39, 0.29) is 17.4 Å². The van der Waals surface area contributed by atoms with E-state index >= 15 is 0 Å². The van der Waals surface area contributed by atoms with Gasteiger partial charge in [0.25, 0.3) is 63.2 Å². The van der Waals surface area contributed by atoms with Crippen LogP contribution in [0.25, 0.3) is 0 Å². The summed E-state index contributed by atoms with van der Waals surface area (Å²) in [5.74, 6) is 0. The Morgan fingerprint density at radius 2 is 0.385 bits per heavy atom. The molecule has 0 rings (SSSR count). The largest absolute Gasteiger partial charge is 3.00 e. The molecule has 13 heteroatoms. The first-order valence-electron chi connectivity index (χ1n) is 1.39. The van der Waals surface area contributed by atoms with Crippen molar-refractivity contribution in [2.75, 3.05) is 0 Å². The minimum Gasteiger partial charge on any atom is -0.427 e. The fourth-order valence-corrected chi connectivity index (χ4v) is 0. The average Bonchev–Trinajstić information content (AvgIpc) is 1.54. The molecule has 0 spiro atoms. The Balaban J connectivity index is -0.0000000450. The van der Waals surface area contributed by atoms with E-state index in [1.54, 1.807) is 0 Å². The van der Waals surface area contributed by atoms with Crippen LogP contribution in [0.4, 0.5) is 0 Å². The van der Waals surface area contributed by atoms with E-state index in [0.29, 0.717) is 0 Å². The maximum Gasteiger partial charge on any atom is 3.00 e. The summed E-state index contributed by atoms with van der Waals surface area (Å²) >= 11 is -12.0. The Labute approximate surface area is 110 Å². The Hall–Kier alpha value is 2.36. The molecule has 0 amide bonds. The van der Waals surface area contributed by atoms with Crippen molar-refractivity contribution >= 4 is 17.4 Å². The maximum absolute atomic E-state index is 8.57. The third-order valence-corrected chi connectivity index (χ3v) is 0. The van der Waals surface area contributed by atoms with Crippen molar-refractivity contribution in [1.29, 1.82) is 0 Å². The Morgan fingerprint density at radius 1 is 0.385 bits per heavy atom. The quantitative estimate of drug-likeness (QED) is 0.206. The minimum atomic E-state index is -4.01. The summed E-state index contributed by atoms with van der Waals surface area (Å²) in [5, 5.41) is 0. The van der Waals surface area contributed by atoms with E-state index in [9.17, 15) is 0 Å². The zero-order valence-electron chi connectivity index (χ0n) is 5.39. The zero-order chi connectivity index (χ0) is 10.7. The first kappa shape index (κ1) is 24.5. The van der Waals surface area contributed by atoms with Gasteiger partial charge in [-0.3, -0.25) is 0 Å². The molecule has 0 aromatic heterocycles. The summed E-state index contributed by atoms with van der Waals surface area (Å²) in [6, 6.07) is 0. The standard InChI is InChI=1S/Al.3IO3/c;3*2-1(3)4/q+3;3*-1. The normalized spacial score (nSPS) is 8.31. The SMILES string of the molecule is [Al+3].[O-][I+2]([O-])[O-].[O-][I+2]([O-])[O-].[O-][I+2]([O-])[O-]. The molecule has 0 fully saturated rings. The van der Waals surface area contributed by atoms with Crippen LogP contribution >= 0.6 is 0 Å². The fraction of sp³-hybridized carbons (Fsp3) is 0. The molecule has 78 valence electrons. The summed E-state index contributed by atoms with van der Waals surface area (Å²) in [7, 11) is 0. The second kappa shape index (κ2) is 19.9. The molecule has 0 aromatic carbocycles. The van der Waals surface area contributed by atoms with E-state index < -0.39 is 63.2 Å². The van der Waals surface area contributed by atoms with Crippen LogP contribution in [0, 0.1) is 0 Å². The molecule has 0 N–H and O–H groups in total. The van der Waals surface area contributed by atoms with Gasteiger partial charge in [-0.1, -0.05) is 0 Å². The van der Waals surface area contributed by atoms with Gasteiger partial charge in [-0.15, -0.1) is 0 Å². The molecule has 0 aromatic rings. The van der Waals surface area contributed by atoms with Crippen molar-refractivity contribution in [2.24, 2.45) is 0 Å². The van der Waals surface area contributed by atoms with Crippen molar-refractivity contribution in [3.63, 3.8) is 0 Å². The number of hydrogen-bond acceptors (Lipinski definition) is 9. The first-order valence-corrected chi connectivity index (χ1v) is 9.32. The Bertz CT molecular complexity index is 43.4. The Kier molecular flexibility index (Phi) is 37.5. The van der Waals surface area contributed by atoms with Gasteiger partial charge in [0.2, 0.25) is 0 Å².